The van der Waals surface area contributed by atoms with Gasteiger partial charge in [0.1, 0.15) is 0 Å². The van der Waals surface area contributed by atoms with E-state index in [0.717, 1.165) is 11.8 Å². The molecule has 2 bridgehead atoms. The van der Waals surface area contributed by atoms with Gasteiger partial charge in [-0.15, -0.1) is 0 Å². The lowest BCUT2D eigenvalue weighted by molar-refractivity contribution is 0.700. The number of nitrogens with zero attached hydrogens (tertiary/aromatic N) is 1. The average Bonchev–Trinajstić information content (AvgIpc) is 2.60. The number of fused-ring (bicyclic) bond motifs is 5. The molecule has 1 N–H and O–H groups in total. The Hall–Kier alpha value is -0.790. The number of hydrogen-bond acceptors (Lipinski definition) is 1. The van der Waals surface area contributed by atoms with Crippen LogP contribution in [-0.2, 0) is 0 Å². The second-order valence-electron chi connectivity index (χ2n) is 3.84. The topological polar surface area (TPSA) is 28.7 Å². The minimum atomic E-state index is 0.830. The Morgan fingerprint density at radius 1 is 1.36 bits per heavy atom. The smallest absolute Gasteiger partial charge is 0.0628 e. The Balaban J connectivity index is 2.25. The van der Waals surface area contributed by atoms with Gasteiger partial charge in [-0.2, -0.15) is 5.10 Å². The zero-order valence-electron chi connectivity index (χ0n) is 6.72. The van der Waals surface area contributed by atoms with Crippen LogP contribution in [0.5, 0.6) is 0 Å². The summed E-state index contributed by atoms with van der Waals surface area (Å²) < 4.78 is 0. The maximum absolute atomic E-state index is 4.25. The highest BCUT2D eigenvalue weighted by molar-refractivity contribution is 5.38. The van der Waals surface area contributed by atoms with E-state index in [1.807, 2.05) is 0 Å². The Bertz CT molecular complexity index is 301. The van der Waals surface area contributed by atoms with E-state index in [1.165, 1.54) is 30.7 Å². The molecule has 1 saturated carbocycles. The molecule has 0 amide bonds. The Morgan fingerprint density at radius 2 is 2.18 bits per heavy atom. The summed E-state index contributed by atoms with van der Waals surface area (Å²) in [5.74, 6) is 1.69. The third kappa shape index (κ3) is 0.561. The lowest BCUT2D eigenvalue weighted by Crippen LogP contribution is -1.95. The van der Waals surface area contributed by atoms with Gasteiger partial charge in [-0.05, 0) is 37.7 Å². The van der Waals surface area contributed by atoms with Crippen LogP contribution in [0, 0.1) is 6.92 Å². The van der Waals surface area contributed by atoms with Gasteiger partial charge in [0.15, 0.2) is 0 Å². The zero-order chi connectivity index (χ0) is 7.42. The molecule has 58 valence electrons. The summed E-state index contributed by atoms with van der Waals surface area (Å²) in [6, 6.07) is 0. The van der Waals surface area contributed by atoms with E-state index < -0.39 is 0 Å². The van der Waals surface area contributed by atoms with Gasteiger partial charge in [-0.25, -0.2) is 0 Å². The van der Waals surface area contributed by atoms with Crippen LogP contribution >= 0.6 is 0 Å². The fourth-order valence-corrected chi connectivity index (χ4v) is 2.79. The molecule has 2 aliphatic rings. The number of rotatable bonds is 0. The molecular weight excluding hydrogens is 136 g/mol. The SMILES string of the molecule is Cc1n[nH]c2c1C1CCC2C1. The lowest BCUT2D eigenvalue weighted by atomic mass is 9.96. The molecule has 11 heavy (non-hydrogen) atoms. The summed E-state index contributed by atoms with van der Waals surface area (Å²) in [5.41, 5.74) is 4.26. The molecule has 3 rings (SSSR count). The molecule has 0 aliphatic heterocycles. The summed E-state index contributed by atoms with van der Waals surface area (Å²) in [4.78, 5) is 0. The van der Waals surface area contributed by atoms with Crippen molar-refractivity contribution in [1.82, 2.24) is 10.2 Å². The van der Waals surface area contributed by atoms with E-state index in [2.05, 4.69) is 17.1 Å². The van der Waals surface area contributed by atoms with Crippen LogP contribution in [0.25, 0.3) is 0 Å². The van der Waals surface area contributed by atoms with Crippen molar-refractivity contribution in [3.8, 4) is 0 Å². The largest absolute Gasteiger partial charge is 0.282 e. The number of H-pyrrole nitrogens is 1. The van der Waals surface area contributed by atoms with Crippen LogP contribution in [0.4, 0.5) is 0 Å². The van der Waals surface area contributed by atoms with Crippen LogP contribution in [0.1, 0.15) is 48.0 Å². The number of hydrogen-bond donors (Lipinski definition) is 1. The van der Waals surface area contributed by atoms with E-state index >= 15 is 0 Å². The molecule has 2 atom stereocenters. The summed E-state index contributed by atoms with van der Waals surface area (Å²) >= 11 is 0. The predicted octanol–water partition coefficient (Wildman–Crippen LogP) is 2.08. The van der Waals surface area contributed by atoms with Crippen molar-refractivity contribution in [3.63, 3.8) is 0 Å². The first-order valence-electron chi connectivity index (χ1n) is 4.41. The maximum atomic E-state index is 4.25. The number of aromatic nitrogens is 2. The second kappa shape index (κ2) is 1.68. The number of aryl methyl sites for hydroxylation is 1. The molecule has 0 spiro atoms. The van der Waals surface area contributed by atoms with Gasteiger partial charge in [-0.3, -0.25) is 5.10 Å². The van der Waals surface area contributed by atoms with Gasteiger partial charge in [0.2, 0.25) is 0 Å². The van der Waals surface area contributed by atoms with E-state index in [1.54, 1.807) is 5.56 Å². The average molecular weight is 148 g/mol. The molecule has 2 nitrogen and oxygen atoms in total. The van der Waals surface area contributed by atoms with Gasteiger partial charge < -0.3 is 0 Å². The summed E-state index contributed by atoms with van der Waals surface area (Å²) in [5, 5.41) is 7.42. The first kappa shape index (κ1) is 5.81. The molecule has 1 aromatic rings. The quantitative estimate of drug-likeness (QED) is 0.599. The minimum absolute atomic E-state index is 0.830. The molecule has 2 heteroatoms. The fourth-order valence-electron chi connectivity index (χ4n) is 2.79. The highest BCUT2D eigenvalue weighted by Crippen LogP contribution is 2.52. The van der Waals surface area contributed by atoms with Crippen molar-refractivity contribution < 1.29 is 0 Å². The van der Waals surface area contributed by atoms with Gasteiger partial charge >= 0.3 is 0 Å². The molecule has 2 unspecified atom stereocenters. The van der Waals surface area contributed by atoms with Crippen molar-refractivity contribution in [1.29, 1.82) is 0 Å². The third-order valence-electron chi connectivity index (χ3n) is 3.27. The van der Waals surface area contributed by atoms with Gasteiger partial charge in [0.05, 0.1) is 5.69 Å². The van der Waals surface area contributed by atoms with E-state index in [-0.39, 0.29) is 0 Å². The second-order valence-corrected chi connectivity index (χ2v) is 3.84. The van der Waals surface area contributed by atoms with Gasteiger partial charge in [0.25, 0.3) is 0 Å². The fraction of sp³-hybridized carbons (Fsp3) is 0.667. The molecular formula is C9H12N2. The standard InChI is InChI=1S/C9H12N2/c1-5-8-6-2-3-7(4-6)9(8)11-10-5/h6-7H,2-4H2,1H3,(H,10,11). The monoisotopic (exact) mass is 148 g/mol. The van der Waals surface area contributed by atoms with E-state index in [9.17, 15) is 0 Å². The van der Waals surface area contributed by atoms with Crippen LogP contribution in [0.3, 0.4) is 0 Å². The van der Waals surface area contributed by atoms with Gasteiger partial charge in [0, 0.05) is 11.6 Å². The van der Waals surface area contributed by atoms with E-state index in [4.69, 9.17) is 0 Å². The molecule has 1 heterocycles. The van der Waals surface area contributed by atoms with Crippen LogP contribution in [0.2, 0.25) is 0 Å². The van der Waals surface area contributed by atoms with Crippen LogP contribution < -0.4 is 0 Å². The molecule has 0 radical (unpaired) electrons. The summed E-state index contributed by atoms with van der Waals surface area (Å²) in [6.45, 7) is 2.12. The van der Waals surface area contributed by atoms with Crippen LogP contribution in [-0.4, -0.2) is 10.2 Å². The third-order valence-corrected chi connectivity index (χ3v) is 3.27. The zero-order valence-corrected chi connectivity index (χ0v) is 6.72. The van der Waals surface area contributed by atoms with Crippen molar-refractivity contribution >= 4 is 0 Å². The molecule has 1 fully saturated rings. The van der Waals surface area contributed by atoms with E-state index in [0.29, 0.717) is 0 Å². The molecule has 0 aromatic carbocycles. The number of aromatic amines is 1. The van der Waals surface area contributed by atoms with Crippen molar-refractivity contribution in [3.05, 3.63) is 17.0 Å². The van der Waals surface area contributed by atoms with Crippen LogP contribution in [0.15, 0.2) is 0 Å². The lowest BCUT2D eigenvalue weighted by Gasteiger charge is -2.08. The molecule has 1 aromatic heterocycles. The molecule has 2 aliphatic carbocycles. The first-order chi connectivity index (χ1) is 5.36. The highest BCUT2D eigenvalue weighted by atomic mass is 15.1. The Morgan fingerprint density at radius 3 is 3.00 bits per heavy atom. The van der Waals surface area contributed by atoms with Crippen molar-refractivity contribution in [2.75, 3.05) is 0 Å². The highest BCUT2D eigenvalue weighted by Gasteiger charge is 2.39. The maximum Gasteiger partial charge on any atom is 0.0628 e. The summed E-state index contributed by atoms with van der Waals surface area (Å²) in [6.07, 6.45) is 4.18. The summed E-state index contributed by atoms with van der Waals surface area (Å²) in [7, 11) is 0. The first-order valence-corrected chi connectivity index (χ1v) is 4.41. The predicted molar refractivity (Wildman–Crippen MR) is 42.7 cm³/mol. The minimum Gasteiger partial charge on any atom is -0.282 e. The molecule has 0 saturated heterocycles. The Kier molecular flexibility index (Phi) is 0.888. The van der Waals surface area contributed by atoms with Gasteiger partial charge in [-0.1, -0.05) is 0 Å². The normalized spacial score (nSPS) is 32.8. The number of nitrogens with one attached hydrogen (secondary N) is 1. The van der Waals surface area contributed by atoms with Crippen molar-refractivity contribution in [2.24, 2.45) is 0 Å². The Labute approximate surface area is 66.0 Å². The van der Waals surface area contributed by atoms with Crippen molar-refractivity contribution in [2.45, 2.75) is 38.0 Å².